The number of benzene rings is 2. The number of fused-ring (bicyclic) bond motifs is 1. The Morgan fingerprint density at radius 2 is 1.88 bits per heavy atom. The molecule has 0 fully saturated rings. The van der Waals surface area contributed by atoms with Gasteiger partial charge in [-0.05, 0) is 35.7 Å². The lowest BCUT2D eigenvalue weighted by Gasteiger charge is -2.25. The number of hydrogen-bond donors (Lipinski definition) is 2. The second kappa shape index (κ2) is 6.74. The van der Waals surface area contributed by atoms with Gasteiger partial charge in [0.1, 0.15) is 6.04 Å². The highest BCUT2D eigenvalue weighted by Crippen LogP contribution is 2.29. The summed E-state index contributed by atoms with van der Waals surface area (Å²) in [5, 5.41) is 5.87. The summed E-state index contributed by atoms with van der Waals surface area (Å²) in [6, 6.07) is 14.2. The predicted octanol–water partition coefficient (Wildman–Crippen LogP) is 3.54. The normalized spacial score (nSPS) is 16.1. The zero-order valence-corrected chi connectivity index (χ0v) is 13.7. The van der Waals surface area contributed by atoms with Crippen molar-refractivity contribution >= 4 is 23.3 Å². The summed E-state index contributed by atoms with van der Waals surface area (Å²) in [6.45, 7) is 4.23. The predicted molar refractivity (Wildman–Crippen MR) is 93.3 cm³/mol. The van der Waals surface area contributed by atoms with E-state index in [1.54, 1.807) is 12.1 Å². The van der Waals surface area contributed by atoms with Gasteiger partial charge in [-0.25, -0.2) is 4.79 Å². The van der Waals surface area contributed by atoms with E-state index in [0.29, 0.717) is 17.4 Å². The molecule has 0 saturated heterocycles. The van der Waals surface area contributed by atoms with Gasteiger partial charge >= 0.3 is 5.97 Å². The monoisotopic (exact) mass is 324 g/mol. The number of esters is 1. The van der Waals surface area contributed by atoms with Crippen LogP contribution in [0, 0.1) is 0 Å². The molecular weight excluding hydrogens is 304 g/mol. The number of ether oxygens (including phenoxy) is 1. The SMILES string of the molecule is CC(C)c1ccc(NC(=O)CC2Nc3ccccc3OC2=O)cc1. The first-order chi connectivity index (χ1) is 11.5. The van der Waals surface area contributed by atoms with E-state index in [2.05, 4.69) is 24.5 Å². The van der Waals surface area contributed by atoms with Crippen molar-refractivity contribution in [1.29, 1.82) is 0 Å². The Labute approximate surface area is 141 Å². The number of amides is 1. The second-order valence-corrected chi connectivity index (χ2v) is 6.14. The number of para-hydroxylation sites is 2. The van der Waals surface area contributed by atoms with E-state index >= 15 is 0 Å². The fraction of sp³-hybridized carbons (Fsp3) is 0.263. The number of carbonyl (C=O) groups is 2. The van der Waals surface area contributed by atoms with Crippen LogP contribution < -0.4 is 15.4 Å². The van der Waals surface area contributed by atoms with Gasteiger partial charge in [0, 0.05) is 5.69 Å². The summed E-state index contributed by atoms with van der Waals surface area (Å²) < 4.78 is 5.26. The van der Waals surface area contributed by atoms with Gasteiger partial charge in [0.15, 0.2) is 5.75 Å². The van der Waals surface area contributed by atoms with Crippen molar-refractivity contribution < 1.29 is 14.3 Å². The maximum absolute atomic E-state index is 12.2. The molecule has 1 heterocycles. The second-order valence-electron chi connectivity index (χ2n) is 6.14. The van der Waals surface area contributed by atoms with Crippen LogP contribution in [0.3, 0.4) is 0 Å². The quantitative estimate of drug-likeness (QED) is 0.667. The Kier molecular flexibility index (Phi) is 4.51. The largest absolute Gasteiger partial charge is 0.423 e. The molecule has 3 rings (SSSR count). The first-order valence-corrected chi connectivity index (χ1v) is 8.00. The Hall–Kier alpha value is -2.82. The molecule has 1 atom stereocenters. The molecule has 1 amide bonds. The van der Waals surface area contributed by atoms with E-state index in [-0.39, 0.29) is 12.3 Å². The molecule has 5 nitrogen and oxygen atoms in total. The Morgan fingerprint density at radius 1 is 1.17 bits per heavy atom. The molecule has 2 aromatic carbocycles. The van der Waals surface area contributed by atoms with Crippen LogP contribution in [0.25, 0.3) is 0 Å². The number of anilines is 2. The highest BCUT2D eigenvalue weighted by Gasteiger charge is 2.29. The van der Waals surface area contributed by atoms with Crippen molar-refractivity contribution in [1.82, 2.24) is 0 Å². The van der Waals surface area contributed by atoms with E-state index < -0.39 is 12.0 Å². The van der Waals surface area contributed by atoms with Crippen LogP contribution in [-0.2, 0) is 9.59 Å². The van der Waals surface area contributed by atoms with Crippen LogP contribution in [0.1, 0.15) is 31.7 Å². The van der Waals surface area contributed by atoms with Gasteiger partial charge in [-0.15, -0.1) is 0 Å². The van der Waals surface area contributed by atoms with E-state index in [1.807, 2.05) is 36.4 Å². The standard InChI is InChI=1S/C19H20N2O3/c1-12(2)13-7-9-14(10-8-13)20-18(22)11-16-19(23)24-17-6-4-3-5-15(17)21-16/h3-10,12,16,21H,11H2,1-2H3,(H,20,22). The summed E-state index contributed by atoms with van der Waals surface area (Å²) in [4.78, 5) is 24.2. The maximum atomic E-state index is 12.2. The molecule has 124 valence electrons. The zero-order valence-electron chi connectivity index (χ0n) is 13.7. The molecule has 2 aromatic rings. The van der Waals surface area contributed by atoms with Gasteiger partial charge < -0.3 is 15.4 Å². The van der Waals surface area contributed by atoms with Crippen molar-refractivity contribution in [3.63, 3.8) is 0 Å². The third kappa shape index (κ3) is 3.56. The summed E-state index contributed by atoms with van der Waals surface area (Å²) in [6.07, 6.45) is 0.0130. The molecule has 0 radical (unpaired) electrons. The molecule has 0 aliphatic carbocycles. The number of hydrogen-bond acceptors (Lipinski definition) is 4. The lowest BCUT2D eigenvalue weighted by atomic mass is 10.0. The Balaban J connectivity index is 1.62. The van der Waals surface area contributed by atoms with Crippen molar-refractivity contribution in [3.05, 3.63) is 54.1 Å². The first kappa shape index (κ1) is 16.1. The molecule has 1 aliphatic rings. The number of nitrogens with one attached hydrogen (secondary N) is 2. The van der Waals surface area contributed by atoms with E-state index in [1.165, 1.54) is 5.56 Å². The van der Waals surface area contributed by atoms with Crippen LogP contribution >= 0.6 is 0 Å². The summed E-state index contributed by atoms with van der Waals surface area (Å²) in [5.41, 5.74) is 2.65. The van der Waals surface area contributed by atoms with Gasteiger partial charge in [0.05, 0.1) is 12.1 Å². The molecule has 2 N–H and O–H groups in total. The lowest BCUT2D eigenvalue weighted by molar-refractivity contribution is -0.137. The molecule has 0 spiro atoms. The van der Waals surface area contributed by atoms with E-state index in [4.69, 9.17) is 4.74 Å². The molecule has 1 aliphatic heterocycles. The highest BCUT2D eigenvalue weighted by molar-refractivity contribution is 5.97. The lowest BCUT2D eigenvalue weighted by Crippen LogP contribution is -2.39. The smallest absolute Gasteiger partial charge is 0.334 e. The minimum Gasteiger partial charge on any atom is -0.423 e. The van der Waals surface area contributed by atoms with Crippen LogP contribution in [0.15, 0.2) is 48.5 Å². The van der Waals surface area contributed by atoms with Crippen LogP contribution in [0.4, 0.5) is 11.4 Å². The average Bonchev–Trinajstić information content (AvgIpc) is 2.56. The minimum absolute atomic E-state index is 0.0130. The maximum Gasteiger partial charge on any atom is 0.334 e. The zero-order chi connectivity index (χ0) is 17.1. The Bertz CT molecular complexity index is 753. The van der Waals surface area contributed by atoms with Crippen molar-refractivity contribution in [2.24, 2.45) is 0 Å². The summed E-state index contributed by atoms with van der Waals surface area (Å²) >= 11 is 0. The minimum atomic E-state index is -0.685. The fourth-order valence-corrected chi connectivity index (χ4v) is 2.58. The van der Waals surface area contributed by atoms with E-state index in [0.717, 1.165) is 5.69 Å². The number of carbonyl (C=O) groups excluding carboxylic acids is 2. The van der Waals surface area contributed by atoms with E-state index in [9.17, 15) is 9.59 Å². The summed E-state index contributed by atoms with van der Waals surface area (Å²) in [7, 11) is 0. The van der Waals surface area contributed by atoms with Crippen LogP contribution in [-0.4, -0.2) is 17.9 Å². The van der Waals surface area contributed by atoms with Gasteiger partial charge in [-0.2, -0.15) is 0 Å². The molecule has 24 heavy (non-hydrogen) atoms. The average molecular weight is 324 g/mol. The number of rotatable bonds is 4. The van der Waals surface area contributed by atoms with Gasteiger partial charge in [-0.3, -0.25) is 4.79 Å². The first-order valence-electron chi connectivity index (χ1n) is 8.00. The Morgan fingerprint density at radius 3 is 2.58 bits per heavy atom. The van der Waals surface area contributed by atoms with Crippen molar-refractivity contribution in [3.8, 4) is 5.75 Å². The molecule has 0 aromatic heterocycles. The molecule has 1 unspecified atom stereocenters. The topological polar surface area (TPSA) is 67.4 Å². The third-order valence-electron chi connectivity index (χ3n) is 3.96. The van der Waals surface area contributed by atoms with Crippen LogP contribution in [0.2, 0.25) is 0 Å². The highest BCUT2D eigenvalue weighted by atomic mass is 16.5. The summed E-state index contributed by atoms with van der Waals surface area (Å²) in [5.74, 6) is 0.250. The van der Waals surface area contributed by atoms with Gasteiger partial charge in [0.25, 0.3) is 0 Å². The fourth-order valence-electron chi connectivity index (χ4n) is 2.58. The van der Waals surface area contributed by atoms with Gasteiger partial charge in [-0.1, -0.05) is 38.1 Å². The third-order valence-corrected chi connectivity index (χ3v) is 3.96. The molecule has 0 bridgehead atoms. The van der Waals surface area contributed by atoms with Crippen LogP contribution in [0.5, 0.6) is 5.75 Å². The molecular formula is C19H20N2O3. The van der Waals surface area contributed by atoms with Crippen molar-refractivity contribution in [2.75, 3.05) is 10.6 Å². The van der Waals surface area contributed by atoms with Gasteiger partial charge in [0.2, 0.25) is 5.91 Å². The molecule has 5 heteroatoms. The molecule has 0 saturated carbocycles. The van der Waals surface area contributed by atoms with Crippen molar-refractivity contribution in [2.45, 2.75) is 32.2 Å².